The van der Waals surface area contributed by atoms with Crippen molar-refractivity contribution in [3.05, 3.63) is 51.6 Å². The van der Waals surface area contributed by atoms with E-state index < -0.39 is 83.1 Å². The summed E-state index contributed by atoms with van der Waals surface area (Å²) in [4.78, 5) is 44.0. The molecule has 2 aromatic rings. The van der Waals surface area contributed by atoms with E-state index in [-0.39, 0.29) is 58.7 Å². The maximum absolute atomic E-state index is 14.1. The summed E-state index contributed by atoms with van der Waals surface area (Å²) in [5.41, 5.74) is 3.00. The number of nitrogens with two attached hydrogens (primary N) is 1. The molecule has 2 aromatic carbocycles. The molecule has 0 unspecified atom stereocenters. The monoisotopic (exact) mass is 709 g/mol. The van der Waals surface area contributed by atoms with Crippen molar-refractivity contribution in [2.45, 2.75) is 106 Å². The molecule has 15 nitrogen and oxygen atoms in total. The Kier molecular flexibility index (Phi) is 8.62. The van der Waals surface area contributed by atoms with Gasteiger partial charge >= 0.3 is 0 Å². The average Bonchev–Trinajstić information content (AvgIpc) is 3.71. The lowest BCUT2D eigenvalue weighted by atomic mass is 9.72. The summed E-state index contributed by atoms with van der Waals surface area (Å²) in [6.45, 7) is 2.88. The van der Waals surface area contributed by atoms with E-state index in [0.29, 0.717) is 32.4 Å². The third-order valence-corrected chi connectivity index (χ3v) is 11.4. The van der Waals surface area contributed by atoms with Crippen molar-refractivity contribution in [3.8, 4) is 17.2 Å². The quantitative estimate of drug-likeness (QED) is 0.228. The Labute approximate surface area is 293 Å². The van der Waals surface area contributed by atoms with Crippen molar-refractivity contribution >= 4 is 17.5 Å². The van der Waals surface area contributed by atoms with Crippen LogP contribution in [0.5, 0.6) is 17.2 Å². The molecular weight excluding hydrogens is 666 g/mol. The highest BCUT2D eigenvalue weighted by Gasteiger charge is 2.55. The van der Waals surface area contributed by atoms with Crippen LogP contribution < -0.4 is 15.8 Å². The van der Waals surface area contributed by atoms with Gasteiger partial charge in [0.15, 0.2) is 24.6 Å². The number of aromatic hydroxyl groups is 2. The number of nitrogens with zero attached hydrogens (tertiary/aromatic N) is 1. The first-order chi connectivity index (χ1) is 24.4. The van der Waals surface area contributed by atoms with Gasteiger partial charge in [0.05, 0.1) is 42.6 Å². The number of carbonyl (C=O) groups excluding carboxylic acids is 3. The van der Waals surface area contributed by atoms with E-state index in [9.17, 15) is 29.7 Å². The highest BCUT2D eigenvalue weighted by Crippen LogP contribution is 2.53. The van der Waals surface area contributed by atoms with Crippen molar-refractivity contribution in [2.24, 2.45) is 5.73 Å². The summed E-state index contributed by atoms with van der Waals surface area (Å²) in [6, 6.07) is 4.02. The number of rotatable bonds is 6. The molecule has 3 heterocycles. The molecule has 10 atom stereocenters. The smallest absolute Gasteiger partial charge is 0.252 e. The van der Waals surface area contributed by atoms with Gasteiger partial charge in [-0.25, -0.2) is 0 Å². The van der Waals surface area contributed by atoms with Crippen LogP contribution in [0.15, 0.2) is 18.2 Å². The number of phenols is 2. The van der Waals surface area contributed by atoms with Crippen molar-refractivity contribution in [1.29, 1.82) is 0 Å². The molecule has 0 bridgehead atoms. The lowest BCUT2D eigenvalue weighted by molar-refractivity contribution is -0.256. The van der Waals surface area contributed by atoms with Gasteiger partial charge in [0.2, 0.25) is 5.78 Å². The molecule has 51 heavy (non-hydrogen) atoms. The van der Waals surface area contributed by atoms with E-state index in [0.717, 1.165) is 6.42 Å². The first-order valence-corrected chi connectivity index (χ1v) is 17.5. The van der Waals surface area contributed by atoms with E-state index in [2.05, 4.69) is 10.2 Å². The first-order valence-electron chi connectivity index (χ1n) is 17.5. The van der Waals surface area contributed by atoms with Gasteiger partial charge in [-0.1, -0.05) is 12.1 Å². The second kappa shape index (κ2) is 12.8. The molecule has 15 heteroatoms. The predicted molar refractivity (Wildman–Crippen MR) is 175 cm³/mol. The Hall–Kier alpha value is -3.67. The number of amides is 1. The molecular formula is C36H43N3O12. The Morgan fingerprint density at radius 1 is 1.06 bits per heavy atom. The molecule has 0 radical (unpaired) electrons. The molecule has 1 saturated carbocycles. The van der Waals surface area contributed by atoms with Crippen LogP contribution in [0.2, 0.25) is 0 Å². The number of ether oxygens (including phenoxy) is 6. The number of aliphatic hydroxyl groups is 1. The number of ketones is 2. The topological polar surface area (TPSA) is 209 Å². The van der Waals surface area contributed by atoms with Crippen LogP contribution in [0, 0.1) is 0 Å². The predicted octanol–water partition coefficient (Wildman–Crippen LogP) is 1.15. The Morgan fingerprint density at radius 2 is 1.84 bits per heavy atom. The van der Waals surface area contributed by atoms with Crippen molar-refractivity contribution in [2.75, 3.05) is 27.4 Å². The second-order valence-corrected chi connectivity index (χ2v) is 14.4. The van der Waals surface area contributed by atoms with E-state index in [1.54, 1.807) is 13.2 Å². The van der Waals surface area contributed by atoms with E-state index in [4.69, 9.17) is 34.2 Å². The van der Waals surface area contributed by atoms with Gasteiger partial charge in [-0.2, -0.15) is 0 Å². The molecule has 4 fully saturated rings. The van der Waals surface area contributed by atoms with Crippen LogP contribution in [0.25, 0.3) is 0 Å². The van der Waals surface area contributed by atoms with Crippen LogP contribution in [0.1, 0.15) is 88.1 Å². The van der Waals surface area contributed by atoms with Gasteiger partial charge in [0.1, 0.15) is 29.0 Å². The van der Waals surface area contributed by atoms with Crippen molar-refractivity contribution in [1.82, 2.24) is 10.2 Å². The molecule has 6 N–H and O–H groups in total. The first kappa shape index (κ1) is 34.4. The van der Waals surface area contributed by atoms with E-state index in [1.807, 2.05) is 6.92 Å². The maximum atomic E-state index is 14.1. The second-order valence-electron chi connectivity index (χ2n) is 14.4. The van der Waals surface area contributed by atoms with E-state index >= 15 is 0 Å². The summed E-state index contributed by atoms with van der Waals surface area (Å²) < 4.78 is 35.9. The van der Waals surface area contributed by atoms with Gasteiger partial charge in [0.25, 0.3) is 5.91 Å². The van der Waals surface area contributed by atoms with Gasteiger partial charge in [-0.05, 0) is 32.3 Å². The number of methoxy groups -OCH3 is 2. The number of nitrogens with one attached hydrogen (secondary N) is 1. The molecule has 6 aliphatic rings. The molecule has 0 aromatic heterocycles. The van der Waals surface area contributed by atoms with Gasteiger partial charge in [-0.3, -0.25) is 19.3 Å². The summed E-state index contributed by atoms with van der Waals surface area (Å²) in [6.07, 6.45) is -2.56. The minimum atomic E-state index is -2.13. The average molecular weight is 710 g/mol. The number of fused-ring (bicyclic) bond motifs is 6. The van der Waals surface area contributed by atoms with Gasteiger partial charge < -0.3 is 54.8 Å². The number of benzene rings is 2. The van der Waals surface area contributed by atoms with Crippen molar-refractivity contribution in [3.63, 3.8) is 0 Å². The van der Waals surface area contributed by atoms with Crippen LogP contribution in [-0.2, 0) is 34.9 Å². The minimum Gasteiger partial charge on any atom is -0.507 e. The van der Waals surface area contributed by atoms with Crippen LogP contribution in [0.3, 0.4) is 0 Å². The molecule has 8 rings (SSSR count). The maximum Gasteiger partial charge on any atom is 0.252 e. The zero-order valence-electron chi connectivity index (χ0n) is 28.6. The fourth-order valence-electron chi connectivity index (χ4n) is 8.97. The highest BCUT2D eigenvalue weighted by atomic mass is 16.7. The fourth-order valence-corrected chi connectivity index (χ4v) is 8.97. The summed E-state index contributed by atoms with van der Waals surface area (Å²) >= 11 is 0. The third-order valence-electron chi connectivity index (χ3n) is 11.4. The largest absolute Gasteiger partial charge is 0.507 e. The number of morpholine rings is 1. The SMILES string of the molecule is COc1cccc2c1C(=O)c1c(O)c3c(c(O)c1C2=O)C[C@@](O)(C(=O)N[C@H]1CC[C@@H](N)C1)C[C@@H]3O[C@H]1C[C@H]2[C@H](O[C@@H]3[C@@H](OC)OCCN32)[C@H](C)O1. The summed E-state index contributed by atoms with van der Waals surface area (Å²) in [5.74, 6) is -3.19. The zero-order valence-corrected chi connectivity index (χ0v) is 28.6. The number of carbonyl (C=O) groups is 3. The Bertz CT molecular complexity index is 1790. The number of hydrogen-bond acceptors (Lipinski definition) is 14. The van der Waals surface area contributed by atoms with Crippen molar-refractivity contribution < 1.29 is 58.1 Å². The Morgan fingerprint density at radius 3 is 2.57 bits per heavy atom. The molecule has 3 aliphatic heterocycles. The normalized spacial score (nSPS) is 35.7. The fraction of sp³-hybridized carbons (Fsp3) is 0.583. The molecule has 274 valence electrons. The molecule has 3 aliphatic carbocycles. The van der Waals surface area contributed by atoms with Gasteiger partial charge in [-0.15, -0.1) is 0 Å². The molecule has 0 spiro atoms. The molecule has 1 amide bonds. The number of hydrogen-bond donors (Lipinski definition) is 5. The Balaban J connectivity index is 1.18. The summed E-state index contributed by atoms with van der Waals surface area (Å²) in [5, 5.41) is 38.8. The van der Waals surface area contributed by atoms with Gasteiger partial charge in [0, 0.05) is 67.7 Å². The lowest BCUT2D eigenvalue weighted by Gasteiger charge is -2.43. The lowest BCUT2D eigenvalue weighted by Crippen LogP contribution is -2.56. The van der Waals surface area contributed by atoms with Crippen LogP contribution >= 0.6 is 0 Å². The van der Waals surface area contributed by atoms with E-state index in [1.165, 1.54) is 19.2 Å². The standard InChI is InChI=1S/C36H43N3O12/c1-15-32-20(39-9-10-48-34(47-3)33(39)51-32)12-23(49-15)50-22-14-36(45,35(44)38-17-8-7-16(37)11-17)13-19-25(22)31(43)27-26(29(19)41)28(40)18-5-4-6-21(46-2)24(18)30(27)42/h4-6,15-17,20,22-23,32-34,41,43,45H,7-14,37H2,1-3H3,(H,38,44)/t15-,16+,17-,20-,22-,23-,32+,33+,34-,36-/m0/s1. The zero-order chi connectivity index (χ0) is 35.9. The van der Waals surface area contributed by atoms with Crippen LogP contribution in [-0.4, -0.2) is 120 Å². The van der Waals surface area contributed by atoms with Crippen LogP contribution in [0.4, 0.5) is 0 Å². The minimum absolute atomic E-state index is 0.00384. The third kappa shape index (κ3) is 5.44. The molecule has 3 saturated heterocycles. The summed E-state index contributed by atoms with van der Waals surface area (Å²) in [7, 11) is 2.92. The highest BCUT2D eigenvalue weighted by molar-refractivity contribution is 6.31. The number of phenolic OH excluding ortho intramolecular Hbond substituents is 2.